The number of piperidine rings is 1. The molecule has 8 heteroatoms. The standard InChI is InChI=1S/C20H18N6O2/c27-19-15-8-2-1-7-14(15)17(22-24-19)20(28)25-10-5-6-13(12-25)18-23-21-16-9-3-4-11-26(16)18/h1-4,7-9,11,13H,5-6,10,12H2,(H,24,27)/t13-/m1/s1. The van der Waals surface area contributed by atoms with E-state index >= 15 is 0 Å². The van der Waals surface area contributed by atoms with Crippen molar-refractivity contribution in [2.45, 2.75) is 18.8 Å². The summed E-state index contributed by atoms with van der Waals surface area (Å²) in [5, 5.41) is 16.1. The van der Waals surface area contributed by atoms with Gasteiger partial charge in [-0.2, -0.15) is 5.10 Å². The van der Waals surface area contributed by atoms with Crippen LogP contribution in [0.3, 0.4) is 0 Å². The van der Waals surface area contributed by atoms with Gasteiger partial charge in [0, 0.05) is 30.6 Å². The number of aromatic nitrogens is 5. The number of likely N-dealkylation sites (tertiary alicyclic amines) is 1. The van der Waals surface area contributed by atoms with Gasteiger partial charge in [0.1, 0.15) is 5.82 Å². The summed E-state index contributed by atoms with van der Waals surface area (Å²) < 4.78 is 1.98. The van der Waals surface area contributed by atoms with Crippen LogP contribution in [0.2, 0.25) is 0 Å². The van der Waals surface area contributed by atoms with Crippen molar-refractivity contribution < 1.29 is 4.79 Å². The summed E-state index contributed by atoms with van der Waals surface area (Å²) in [5.74, 6) is 0.794. The molecule has 1 aliphatic rings. The van der Waals surface area contributed by atoms with E-state index in [0.717, 1.165) is 24.3 Å². The predicted octanol–water partition coefficient (Wildman–Crippen LogP) is 1.99. The molecule has 8 nitrogen and oxygen atoms in total. The number of benzene rings is 1. The largest absolute Gasteiger partial charge is 0.337 e. The second-order valence-corrected chi connectivity index (χ2v) is 7.02. The molecular weight excluding hydrogens is 356 g/mol. The van der Waals surface area contributed by atoms with E-state index in [1.807, 2.05) is 34.9 Å². The van der Waals surface area contributed by atoms with Gasteiger partial charge in [-0.1, -0.05) is 24.3 Å². The molecule has 0 aliphatic carbocycles. The molecule has 3 aromatic heterocycles. The van der Waals surface area contributed by atoms with Crippen LogP contribution in [0.15, 0.2) is 53.5 Å². The predicted molar refractivity (Wildman–Crippen MR) is 103 cm³/mol. The molecule has 0 bridgehead atoms. The van der Waals surface area contributed by atoms with Crippen LogP contribution >= 0.6 is 0 Å². The molecule has 0 radical (unpaired) electrons. The highest BCUT2D eigenvalue weighted by Crippen LogP contribution is 2.27. The zero-order chi connectivity index (χ0) is 19.1. The number of carbonyl (C=O) groups is 1. The van der Waals surface area contributed by atoms with E-state index in [1.54, 1.807) is 23.1 Å². The van der Waals surface area contributed by atoms with Crippen molar-refractivity contribution in [3.63, 3.8) is 0 Å². The third-order valence-electron chi connectivity index (χ3n) is 5.31. The number of H-pyrrole nitrogens is 1. The molecule has 28 heavy (non-hydrogen) atoms. The Labute approximate surface area is 159 Å². The first-order valence-electron chi connectivity index (χ1n) is 9.29. The van der Waals surface area contributed by atoms with Crippen LogP contribution in [0.5, 0.6) is 0 Å². The molecule has 4 aromatic rings. The van der Waals surface area contributed by atoms with Gasteiger partial charge in [-0.05, 0) is 31.0 Å². The molecule has 1 amide bonds. The quantitative estimate of drug-likeness (QED) is 0.579. The van der Waals surface area contributed by atoms with Gasteiger partial charge in [0.2, 0.25) is 0 Å². The smallest absolute Gasteiger partial charge is 0.274 e. The van der Waals surface area contributed by atoms with Crippen LogP contribution in [0, 0.1) is 0 Å². The second-order valence-electron chi connectivity index (χ2n) is 7.02. The molecule has 1 atom stereocenters. The van der Waals surface area contributed by atoms with E-state index in [-0.39, 0.29) is 23.1 Å². The van der Waals surface area contributed by atoms with Crippen LogP contribution < -0.4 is 5.56 Å². The SMILES string of the molecule is O=C(c1n[nH]c(=O)c2ccccc12)N1CCC[C@@H](c2nnc3ccccn23)C1. The number of hydrogen-bond donors (Lipinski definition) is 1. The van der Waals surface area contributed by atoms with Gasteiger partial charge in [0.15, 0.2) is 11.3 Å². The lowest BCUT2D eigenvalue weighted by Crippen LogP contribution is -2.40. The van der Waals surface area contributed by atoms with E-state index < -0.39 is 0 Å². The Morgan fingerprint density at radius 2 is 1.89 bits per heavy atom. The average Bonchev–Trinajstić information content (AvgIpc) is 3.18. The molecule has 5 rings (SSSR count). The van der Waals surface area contributed by atoms with Gasteiger partial charge < -0.3 is 4.90 Å². The van der Waals surface area contributed by atoms with Crippen LogP contribution in [-0.4, -0.2) is 48.7 Å². The number of fused-ring (bicyclic) bond motifs is 2. The minimum atomic E-state index is -0.293. The van der Waals surface area contributed by atoms with Gasteiger partial charge in [-0.15, -0.1) is 10.2 Å². The monoisotopic (exact) mass is 374 g/mol. The lowest BCUT2D eigenvalue weighted by atomic mass is 9.96. The van der Waals surface area contributed by atoms with Crippen LogP contribution in [0.25, 0.3) is 16.4 Å². The van der Waals surface area contributed by atoms with E-state index in [2.05, 4.69) is 20.4 Å². The Hall–Kier alpha value is -3.55. The number of nitrogens with zero attached hydrogens (tertiary/aromatic N) is 5. The van der Waals surface area contributed by atoms with Crippen molar-refractivity contribution >= 4 is 22.3 Å². The molecule has 0 unspecified atom stereocenters. The summed E-state index contributed by atoms with van der Waals surface area (Å²) in [4.78, 5) is 27.0. The first-order valence-corrected chi connectivity index (χ1v) is 9.29. The van der Waals surface area contributed by atoms with Gasteiger partial charge in [-0.25, -0.2) is 5.10 Å². The third kappa shape index (κ3) is 2.65. The Bertz CT molecular complexity index is 1240. The lowest BCUT2D eigenvalue weighted by Gasteiger charge is -2.31. The van der Waals surface area contributed by atoms with Crippen LogP contribution in [0.4, 0.5) is 0 Å². The molecule has 0 spiro atoms. The topological polar surface area (TPSA) is 96.2 Å². The van der Waals surface area contributed by atoms with Crippen molar-refractivity contribution in [3.05, 3.63) is 70.5 Å². The number of rotatable bonds is 2. The average molecular weight is 374 g/mol. The van der Waals surface area contributed by atoms with Crippen molar-refractivity contribution in [2.24, 2.45) is 0 Å². The minimum absolute atomic E-state index is 0.101. The lowest BCUT2D eigenvalue weighted by molar-refractivity contribution is 0.0699. The first kappa shape index (κ1) is 16.6. The van der Waals surface area contributed by atoms with E-state index in [0.29, 0.717) is 23.9 Å². The Kier molecular flexibility index (Phi) is 3.89. The molecular formula is C20H18N6O2. The fourth-order valence-electron chi connectivity index (χ4n) is 3.94. The molecule has 4 heterocycles. The Morgan fingerprint density at radius 3 is 2.79 bits per heavy atom. The summed E-state index contributed by atoms with van der Waals surface area (Å²) in [6.45, 7) is 1.20. The maximum atomic E-state index is 13.2. The van der Waals surface area contributed by atoms with Crippen molar-refractivity contribution in [3.8, 4) is 0 Å². The fourth-order valence-corrected chi connectivity index (χ4v) is 3.94. The van der Waals surface area contributed by atoms with E-state index in [4.69, 9.17) is 0 Å². The van der Waals surface area contributed by atoms with Gasteiger partial charge in [0.25, 0.3) is 11.5 Å². The first-order chi connectivity index (χ1) is 13.7. The highest BCUT2D eigenvalue weighted by atomic mass is 16.2. The van der Waals surface area contributed by atoms with Crippen molar-refractivity contribution in [1.29, 1.82) is 0 Å². The summed E-state index contributed by atoms with van der Waals surface area (Å²) in [6, 6.07) is 12.8. The Balaban J connectivity index is 1.48. The van der Waals surface area contributed by atoms with Crippen LogP contribution in [0.1, 0.15) is 35.1 Å². The number of aromatic amines is 1. The summed E-state index contributed by atoms with van der Waals surface area (Å²) in [5.41, 5.74) is 0.787. The fraction of sp³-hybridized carbons (Fsp3) is 0.250. The van der Waals surface area contributed by atoms with Gasteiger partial charge >= 0.3 is 0 Å². The minimum Gasteiger partial charge on any atom is -0.337 e. The van der Waals surface area contributed by atoms with Crippen molar-refractivity contribution in [2.75, 3.05) is 13.1 Å². The van der Waals surface area contributed by atoms with Crippen molar-refractivity contribution in [1.82, 2.24) is 29.7 Å². The molecule has 0 saturated carbocycles. The number of pyridine rings is 1. The summed E-state index contributed by atoms with van der Waals surface area (Å²) in [7, 11) is 0. The van der Waals surface area contributed by atoms with E-state index in [1.165, 1.54) is 0 Å². The maximum absolute atomic E-state index is 13.2. The number of nitrogens with one attached hydrogen (secondary N) is 1. The molecule has 140 valence electrons. The highest BCUT2D eigenvalue weighted by Gasteiger charge is 2.30. The molecule has 1 aromatic carbocycles. The summed E-state index contributed by atoms with van der Waals surface area (Å²) in [6.07, 6.45) is 3.77. The number of hydrogen-bond acceptors (Lipinski definition) is 5. The molecule has 1 N–H and O–H groups in total. The van der Waals surface area contributed by atoms with Crippen LogP contribution in [-0.2, 0) is 0 Å². The van der Waals surface area contributed by atoms with E-state index in [9.17, 15) is 9.59 Å². The number of amides is 1. The normalized spacial score (nSPS) is 17.3. The van der Waals surface area contributed by atoms with Gasteiger partial charge in [-0.3, -0.25) is 14.0 Å². The Morgan fingerprint density at radius 1 is 1.07 bits per heavy atom. The zero-order valence-corrected chi connectivity index (χ0v) is 15.1. The molecule has 1 aliphatic heterocycles. The second kappa shape index (κ2) is 6.56. The molecule has 1 fully saturated rings. The summed E-state index contributed by atoms with van der Waals surface area (Å²) >= 11 is 0. The highest BCUT2D eigenvalue weighted by molar-refractivity contribution is 6.04. The molecule has 1 saturated heterocycles. The maximum Gasteiger partial charge on any atom is 0.274 e. The zero-order valence-electron chi connectivity index (χ0n) is 15.1. The third-order valence-corrected chi connectivity index (χ3v) is 5.31. The van der Waals surface area contributed by atoms with Gasteiger partial charge in [0.05, 0.1) is 5.39 Å². The number of carbonyl (C=O) groups excluding carboxylic acids is 1.